The van der Waals surface area contributed by atoms with Crippen LogP contribution >= 0.6 is 11.3 Å². The van der Waals surface area contributed by atoms with Crippen molar-refractivity contribution in [3.05, 3.63) is 45.1 Å². The molecule has 3 rings (SSSR count). The molecule has 0 saturated heterocycles. The van der Waals surface area contributed by atoms with Crippen molar-refractivity contribution in [1.82, 2.24) is 9.71 Å². The molecule has 4 N–H and O–H groups in total. The van der Waals surface area contributed by atoms with Crippen LogP contribution < -0.4 is 4.72 Å². The molecule has 0 radical (unpaired) electrons. The van der Waals surface area contributed by atoms with Crippen molar-refractivity contribution in [3.8, 4) is 6.07 Å². The highest BCUT2D eigenvalue weighted by molar-refractivity contribution is 7.93. The number of nitrogens with zero attached hydrogens (tertiary/aromatic N) is 2. The van der Waals surface area contributed by atoms with E-state index in [-0.39, 0.29) is 27.2 Å². The van der Waals surface area contributed by atoms with E-state index in [0.717, 1.165) is 40.9 Å². The monoisotopic (exact) mass is 476 g/mol. The smallest absolute Gasteiger partial charge is 0.236 e. The SMILES string of the molecule is CC(C)c1cc(C#N)cc(C2CC2)c1CC(=O)N[S@@](=N)(=O)c1sc(C(C)(C)O)nc1CO. The highest BCUT2D eigenvalue weighted by atomic mass is 32.2. The lowest BCUT2D eigenvalue weighted by atomic mass is 9.87. The maximum atomic E-state index is 13.1. The summed E-state index contributed by atoms with van der Waals surface area (Å²) in [6.45, 7) is 6.42. The molecule has 1 aliphatic rings. The van der Waals surface area contributed by atoms with Gasteiger partial charge in [0, 0.05) is 0 Å². The Kier molecular flexibility index (Phi) is 6.77. The van der Waals surface area contributed by atoms with Crippen LogP contribution in [0.2, 0.25) is 0 Å². The van der Waals surface area contributed by atoms with Crippen LogP contribution in [-0.4, -0.2) is 25.3 Å². The number of hydrogen-bond donors (Lipinski definition) is 4. The lowest BCUT2D eigenvalue weighted by Gasteiger charge is -2.18. The van der Waals surface area contributed by atoms with Gasteiger partial charge in [-0.2, -0.15) is 5.26 Å². The Morgan fingerprint density at radius 3 is 2.59 bits per heavy atom. The van der Waals surface area contributed by atoms with E-state index in [2.05, 4.69) is 15.8 Å². The van der Waals surface area contributed by atoms with Crippen molar-refractivity contribution >= 4 is 27.2 Å². The fourth-order valence-corrected chi connectivity index (χ4v) is 6.16. The summed E-state index contributed by atoms with van der Waals surface area (Å²) < 4.78 is 23.7. The first-order valence-electron chi connectivity index (χ1n) is 10.4. The van der Waals surface area contributed by atoms with Gasteiger partial charge < -0.3 is 10.2 Å². The maximum Gasteiger partial charge on any atom is 0.236 e. The van der Waals surface area contributed by atoms with Gasteiger partial charge in [0.2, 0.25) is 5.91 Å². The van der Waals surface area contributed by atoms with E-state index in [4.69, 9.17) is 4.78 Å². The fourth-order valence-electron chi connectivity index (χ4n) is 3.59. The number of aliphatic hydroxyl groups is 2. The fraction of sp³-hybridized carbons (Fsp3) is 0.500. The standard InChI is InChI=1S/C22H28N4O4S2/c1-12(2)15-7-13(10-23)8-16(14-5-6-14)17(15)9-19(28)26-32(24,30)20-18(11-27)25-21(31-20)22(3,4)29/h7-8,12,14,27,29H,5-6,9,11H2,1-4H3,(H2,24,26,28,30)/t32-/m1/s1. The molecular formula is C22H28N4O4S2. The Morgan fingerprint density at radius 2 is 2.09 bits per heavy atom. The summed E-state index contributed by atoms with van der Waals surface area (Å²) in [5.74, 6) is -0.192. The van der Waals surface area contributed by atoms with Crippen LogP contribution in [-0.2, 0) is 33.3 Å². The summed E-state index contributed by atoms with van der Waals surface area (Å²) in [6.07, 6.45) is 1.93. The van der Waals surface area contributed by atoms with Crippen molar-refractivity contribution in [2.45, 2.75) is 75.2 Å². The lowest BCUT2D eigenvalue weighted by Crippen LogP contribution is -2.31. The molecule has 1 aliphatic carbocycles. The van der Waals surface area contributed by atoms with Crippen LogP contribution in [0, 0.1) is 16.1 Å². The third kappa shape index (κ3) is 5.18. The second kappa shape index (κ2) is 8.90. The second-order valence-electron chi connectivity index (χ2n) is 8.90. The van der Waals surface area contributed by atoms with Crippen molar-refractivity contribution < 1.29 is 19.2 Å². The summed E-state index contributed by atoms with van der Waals surface area (Å²) in [5.41, 5.74) is 1.92. The van der Waals surface area contributed by atoms with Gasteiger partial charge in [-0.1, -0.05) is 13.8 Å². The number of aliphatic hydroxyl groups excluding tert-OH is 1. The first kappa shape index (κ1) is 24.3. The molecule has 1 atom stereocenters. The van der Waals surface area contributed by atoms with Crippen LogP contribution in [0.3, 0.4) is 0 Å². The molecular weight excluding hydrogens is 448 g/mol. The molecule has 2 aromatic rings. The van der Waals surface area contributed by atoms with Crippen molar-refractivity contribution in [2.24, 2.45) is 0 Å². The zero-order valence-electron chi connectivity index (χ0n) is 18.6. The molecule has 172 valence electrons. The minimum absolute atomic E-state index is 0.00679. The van der Waals surface area contributed by atoms with E-state index in [1.807, 2.05) is 19.9 Å². The number of hydrogen-bond acceptors (Lipinski definition) is 8. The normalized spacial score (nSPS) is 15.9. The first-order valence-corrected chi connectivity index (χ1v) is 12.7. The lowest BCUT2D eigenvalue weighted by molar-refractivity contribution is -0.118. The van der Waals surface area contributed by atoms with Crippen molar-refractivity contribution in [3.63, 3.8) is 0 Å². The van der Waals surface area contributed by atoms with Gasteiger partial charge in [0.15, 0.2) is 9.92 Å². The Morgan fingerprint density at radius 1 is 1.44 bits per heavy atom. The van der Waals surface area contributed by atoms with Gasteiger partial charge in [0.25, 0.3) is 0 Å². The summed E-state index contributed by atoms with van der Waals surface area (Å²) in [6, 6.07) is 5.80. The molecule has 32 heavy (non-hydrogen) atoms. The largest absolute Gasteiger partial charge is 0.390 e. The molecule has 1 heterocycles. The van der Waals surface area contributed by atoms with E-state index in [0.29, 0.717) is 11.5 Å². The minimum Gasteiger partial charge on any atom is -0.390 e. The number of thiazole rings is 1. The van der Waals surface area contributed by atoms with Crippen LogP contribution in [0.15, 0.2) is 16.3 Å². The van der Waals surface area contributed by atoms with E-state index in [9.17, 15) is 24.5 Å². The molecule has 0 bridgehead atoms. The van der Waals surface area contributed by atoms with Crippen molar-refractivity contribution in [1.29, 1.82) is 10.0 Å². The zero-order chi connectivity index (χ0) is 23.8. The number of carbonyl (C=O) groups is 1. The van der Waals surface area contributed by atoms with Crippen LogP contribution in [0.25, 0.3) is 0 Å². The predicted molar refractivity (Wildman–Crippen MR) is 121 cm³/mol. The molecule has 0 aliphatic heterocycles. The van der Waals surface area contributed by atoms with E-state index in [1.165, 1.54) is 13.8 Å². The number of nitriles is 1. The van der Waals surface area contributed by atoms with Crippen molar-refractivity contribution in [2.75, 3.05) is 0 Å². The number of rotatable bonds is 8. The first-order chi connectivity index (χ1) is 14.9. The Hall–Kier alpha value is -2.32. The molecule has 1 aromatic heterocycles. The topological polar surface area (TPSA) is 147 Å². The van der Waals surface area contributed by atoms with E-state index < -0.39 is 28.0 Å². The van der Waals surface area contributed by atoms with Crippen LogP contribution in [0.5, 0.6) is 0 Å². The van der Waals surface area contributed by atoms with Gasteiger partial charge in [0.1, 0.15) is 14.8 Å². The summed E-state index contributed by atoms with van der Waals surface area (Å²) in [5, 5.41) is 29.4. The second-order valence-corrected chi connectivity index (χ2v) is 11.9. The maximum absolute atomic E-state index is 13.1. The van der Waals surface area contributed by atoms with Gasteiger partial charge in [-0.25, -0.2) is 14.0 Å². The Labute approximate surface area is 192 Å². The number of amides is 1. The molecule has 10 heteroatoms. The highest BCUT2D eigenvalue weighted by Crippen LogP contribution is 2.44. The average Bonchev–Trinajstić information content (AvgIpc) is 3.42. The Bertz CT molecular complexity index is 1160. The third-order valence-corrected chi connectivity index (χ3v) is 8.71. The highest BCUT2D eigenvalue weighted by Gasteiger charge is 2.31. The average molecular weight is 477 g/mol. The molecule has 1 saturated carbocycles. The molecule has 1 amide bonds. The quantitative estimate of drug-likeness (QED) is 0.459. The van der Waals surface area contributed by atoms with Gasteiger partial charge in [0.05, 0.1) is 30.4 Å². The number of aromatic nitrogens is 1. The van der Waals surface area contributed by atoms with E-state index in [1.54, 1.807) is 6.07 Å². The summed E-state index contributed by atoms with van der Waals surface area (Å²) in [4.78, 5) is 17.0. The third-order valence-electron chi connectivity index (χ3n) is 5.28. The van der Waals surface area contributed by atoms with Crippen LogP contribution in [0.4, 0.5) is 0 Å². The van der Waals surface area contributed by atoms with Gasteiger partial charge in [-0.15, -0.1) is 11.3 Å². The summed E-state index contributed by atoms with van der Waals surface area (Å²) in [7, 11) is -3.79. The zero-order valence-corrected chi connectivity index (χ0v) is 20.2. The number of carbonyl (C=O) groups excluding carboxylic acids is 1. The molecule has 1 fully saturated rings. The minimum atomic E-state index is -3.79. The van der Waals surface area contributed by atoms with E-state index >= 15 is 0 Å². The molecule has 0 spiro atoms. The molecule has 0 unspecified atom stereocenters. The Balaban J connectivity index is 1.93. The van der Waals surface area contributed by atoms with Gasteiger partial charge in [-0.3, -0.25) is 9.52 Å². The summed E-state index contributed by atoms with van der Waals surface area (Å²) >= 11 is 0.842. The van der Waals surface area contributed by atoms with Gasteiger partial charge >= 0.3 is 0 Å². The number of nitrogens with one attached hydrogen (secondary N) is 2. The van der Waals surface area contributed by atoms with Gasteiger partial charge in [-0.05, 0) is 67.3 Å². The van der Waals surface area contributed by atoms with Crippen LogP contribution in [0.1, 0.15) is 85.3 Å². The predicted octanol–water partition coefficient (Wildman–Crippen LogP) is 3.41. The molecule has 8 nitrogen and oxygen atoms in total. The number of benzene rings is 1. The molecule has 1 aromatic carbocycles.